The summed E-state index contributed by atoms with van der Waals surface area (Å²) in [5.74, 6) is -0.0807. The van der Waals surface area contributed by atoms with Gasteiger partial charge in [-0.15, -0.1) is 0 Å². The molecular formula is C9H16ClF3O3S. The smallest absolute Gasteiger partial charge is 0.381 e. The second-order valence-corrected chi connectivity index (χ2v) is 6.53. The molecule has 0 radical (unpaired) electrons. The summed E-state index contributed by atoms with van der Waals surface area (Å²) in [5.41, 5.74) is 0. The monoisotopic (exact) mass is 296 g/mol. The van der Waals surface area contributed by atoms with E-state index in [-0.39, 0.29) is 18.8 Å². The molecule has 0 aliphatic heterocycles. The molecule has 0 heterocycles. The van der Waals surface area contributed by atoms with Gasteiger partial charge >= 0.3 is 6.18 Å². The first kappa shape index (κ1) is 17.0. The maximum Gasteiger partial charge on any atom is 0.389 e. The molecule has 3 nitrogen and oxygen atoms in total. The summed E-state index contributed by atoms with van der Waals surface area (Å²) in [6, 6.07) is 0. The molecule has 0 atom stereocenters. The van der Waals surface area contributed by atoms with E-state index in [4.69, 9.17) is 15.4 Å². The molecule has 0 fully saturated rings. The fourth-order valence-corrected chi connectivity index (χ4v) is 2.01. The predicted octanol–water partition coefficient (Wildman–Crippen LogP) is 3.08. The summed E-state index contributed by atoms with van der Waals surface area (Å²) < 4.78 is 61.2. The molecule has 0 aromatic rings. The van der Waals surface area contributed by atoms with Gasteiger partial charge in [-0.1, -0.05) is 6.42 Å². The van der Waals surface area contributed by atoms with Gasteiger partial charge in [-0.25, -0.2) is 8.42 Å². The number of hydrogen-bond donors (Lipinski definition) is 0. The van der Waals surface area contributed by atoms with Crippen LogP contribution in [0.4, 0.5) is 13.2 Å². The normalized spacial score (nSPS) is 12.9. The van der Waals surface area contributed by atoms with Crippen molar-refractivity contribution in [2.45, 2.75) is 38.3 Å². The highest BCUT2D eigenvalue weighted by Crippen LogP contribution is 2.21. The van der Waals surface area contributed by atoms with Crippen LogP contribution in [0.15, 0.2) is 0 Å². The van der Waals surface area contributed by atoms with Crippen LogP contribution in [0.25, 0.3) is 0 Å². The van der Waals surface area contributed by atoms with Crippen LogP contribution in [0, 0.1) is 0 Å². The Hall–Kier alpha value is -0.0100. The fourth-order valence-electron chi connectivity index (χ4n) is 1.13. The molecule has 104 valence electrons. The lowest BCUT2D eigenvalue weighted by Crippen LogP contribution is -2.09. The van der Waals surface area contributed by atoms with E-state index in [1.54, 1.807) is 0 Å². The van der Waals surface area contributed by atoms with Crippen molar-refractivity contribution in [1.82, 2.24) is 0 Å². The van der Waals surface area contributed by atoms with E-state index in [0.717, 1.165) is 0 Å². The third-order valence-electron chi connectivity index (χ3n) is 1.93. The van der Waals surface area contributed by atoms with E-state index in [1.165, 1.54) is 0 Å². The average molecular weight is 297 g/mol. The van der Waals surface area contributed by atoms with Crippen LogP contribution in [0.2, 0.25) is 0 Å². The van der Waals surface area contributed by atoms with Gasteiger partial charge < -0.3 is 4.74 Å². The van der Waals surface area contributed by atoms with Gasteiger partial charge in [-0.2, -0.15) is 13.2 Å². The highest BCUT2D eigenvalue weighted by molar-refractivity contribution is 8.13. The van der Waals surface area contributed by atoms with E-state index < -0.39 is 21.6 Å². The molecule has 0 saturated heterocycles. The molecule has 0 saturated carbocycles. The molecule has 0 aromatic carbocycles. The van der Waals surface area contributed by atoms with Gasteiger partial charge in [-0.05, 0) is 19.3 Å². The predicted molar refractivity (Wildman–Crippen MR) is 59.6 cm³/mol. The highest BCUT2D eigenvalue weighted by Gasteiger charge is 2.25. The van der Waals surface area contributed by atoms with Gasteiger partial charge in [0.2, 0.25) is 9.05 Å². The first-order chi connectivity index (χ1) is 7.71. The maximum atomic E-state index is 11.7. The van der Waals surface area contributed by atoms with Crippen molar-refractivity contribution in [3.63, 3.8) is 0 Å². The van der Waals surface area contributed by atoms with Gasteiger partial charge in [-0.3, -0.25) is 0 Å². The topological polar surface area (TPSA) is 43.4 Å². The third-order valence-corrected chi connectivity index (χ3v) is 3.16. The van der Waals surface area contributed by atoms with Gasteiger partial charge in [0.1, 0.15) is 0 Å². The zero-order valence-electron chi connectivity index (χ0n) is 9.30. The first-order valence-corrected chi connectivity index (χ1v) is 7.75. The summed E-state index contributed by atoms with van der Waals surface area (Å²) in [6.07, 6.45) is -3.31. The number of unbranched alkanes of at least 4 members (excludes halogenated alkanes) is 2. The molecule has 0 aromatic heterocycles. The maximum absolute atomic E-state index is 11.7. The Morgan fingerprint density at radius 2 is 1.59 bits per heavy atom. The minimum absolute atomic E-state index is 0.0421. The van der Waals surface area contributed by atoms with E-state index in [1.807, 2.05) is 0 Å². The van der Waals surface area contributed by atoms with Crippen LogP contribution in [0.1, 0.15) is 32.1 Å². The van der Waals surface area contributed by atoms with Crippen molar-refractivity contribution in [1.29, 1.82) is 0 Å². The first-order valence-electron chi connectivity index (χ1n) is 5.27. The van der Waals surface area contributed by atoms with Crippen molar-refractivity contribution in [3.8, 4) is 0 Å². The molecule has 0 N–H and O–H groups in total. The standard InChI is InChI=1S/C9H16ClF3O3S/c10-17(14,15)8-3-1-2-6-16-7-4-5-9(11,12)13/h1-8H2. The largest absolute Gasteiger partial charge is 0.389 e. The minimum atomic E-state index is -4.13. The molecule has 0 bridgehead atoms. The molecule has 0 amide bonds. The Kier molecular flexibility index (Phi) is 8.15. The number of hydrogen-bond acceptors (Lipinski definition) is 3. The Morgan fingerprint density at radius 3 is 2.12 bits per heavy atom. The average Bonchev–Trinajstić information content (AvgIpc) is 2.11. The summed E-state index contributed by atoms with van der Waals surface area (Å²) in [4.78, 5) is 0. The second kappa shape index (κ2) is 8.16. The zero-order valence-corrected chi connectivity index (χ0v) is 10.9. The molecule has 0 aliphatic carbocycles. The number of halogens is 4. The fraction of sp³-hybridized carbons (Fsp3) is 1.00. The van der Waals surface area contributed by atoms with Gasteiger partial charge in [0, 0.05) is 30.3 Å². The van der Waals surface area contributed by atoms with Gasteiger partial charge in [0.15, 0.2) is 0 Å². The molecule has 0 unspecified atom stereocenters. The summed E-state index contributed by atoms with van der Waals surface area (Å²) >= 11 is 0. The van der Waals surface area contributed by atoms with Crippen molar-refractivity contribution in [3.05, 3.63) is 0 Å². The third kappa shape index (κ3) is 16.0. The lowest BCUT2D eigenvalue weighted by molar-refractivity contribution is -0.137. The molecule has 0 spiro atoms. The number of alkyl halides is 3. The van der Waals surface area contributed by atoms with Crippen LogP contribution >= 0.6 is 10.7 Å². The lowest BCUT2D eigenvalue weighted by Gasteiger charge is -2.06. The molecule has 8 heteroatoms. The van der Waals surface area contributed by atoms with Crippen LogP contribution in [-0.4, -0.2) is 33.6 Å². The SMILES string of the molecule is O=S(=O)(Cl)CCCCCOCCCC(F)(F)F. The van der Waals surface area contributed by atoms with E-state index in [9.17, 15) is 21.6 Å². The van der Waals surface area contributed by atoms with Gasteiger partial charge in [0.25, 0.3) is 0 Å². The molecule has 17 heavy (non-hydrogen) atoms. The molecule has 0 aliphatic rings. The van der Waals surface area contributed by atoms with Crippen LogP contribution in [-0.2, 0) is 13.8 Å². The summed E-state index contributed by atoms with van der Waals surface area (Å²) in [7, 11) is 1.56. The van der Waals surface area contributed by atoms with Crippen molar-refractivity contribution in [2.75, 3.05) is 19.0 Å². The van der Waals surface area contributed by atoms with Crippen LogP contribution in [0.3, 0.4) is 0 Å². The lowest BCUT2D eigenvalue weighted by atomic mass is 10.3. The molecular weight excluding hydrogens is 281 g/mol. The zero-order chi connectivity index (χ0) is 13.4. The summed E-state index contributed by atoms with van der Waals surface area (Å²) in [5, 5.41) is 0. The van der Waals surface area contributed by atoms with E-state index >= 15 is 0 Å². The summed E-state index contributed by atoms with van der Waals surface area (Å²) in [6.45, 7) is 0.424. The number of rotatable bonds is 9. The van der Waals surface area contributed by atoms with Crippen LogP contribution in [0.5, 0.6) is 0 Å². The minimum Gasteiger partial charge on any atom is -0.381 e. The molecule has 0 rings (SSSR count). The Morgan fingerprint density at radius 1 is 1.00 bits per heavy atom. The van der Waals surface area contributed by atoms with E-state index in [2.05, 4.69) is 0 Å². The van der Waals surface area contributed by atoms with E-state index in [0.29, 0.717) is 25.9 Å². The Bertz CT molecular complexity index is 290. The van der Waals surface area contributed by atoms with Crippen molar-refractivity contribution in [2.24, 2.45) is 0 Å². The van der Waals surface area contributed by atoms with Gasteiger partial charge in [0.05, 0.1) is 5.75 Å². The van der Waals surface area contributed by atoms with Crippen molar-refractivity contribution >= 4 is 19.7 Å². The highest BCUT2D eigenvalue weighted by atomic mass is 35.7. The van der Waals surface area contributed by atoms with Crippen molar-refractivity contribution < 1.29 is 26.3 Å². The van der Waals surface area contributed by atoms with Crippen LogP contribution < -0.4 is 0 Å². The second-order valence-electron chi connectivity index (χ2n) is 3.63. The Balaban J connectivity index is 3.20. The number of ether oxygens (including phenoxy) is 1. The quantitative estimate of drug-likeness (QED) is 0.485. The Labute approximate surface area is 104 Å².